The molecule has 0 unspecified atom stereocenters. The number of ketones is 1. The highest BCUT2D eigenvalue weighted by molar-refractivity contribution is 6.30. The van der Waals surface area contributed by atoms with E-state index in [9.17, 15) is 9.59 Å². The fraction of sp³-hybridized carbons (Fsp3) is 0.348. The molecular weight excluding hydrogens is 386 g/mol. The highest BCUT2D eigenvalue weighted by Crippen LogP contribution is 2.36. The fourth-order valence-corrected chi connectivity index (χ4v) is 3.69. The first-order valence-electron chi connectivity index (χ1n) is 9.96. The van der Waals surface area contributed by atoms with Crippen LogP contribution in [0.5, 0.6) is 0 Å². The third kappa shape index (κ3) is 4.35. The van der Waals surface area contributed by atoms with Gasteiger partial charge in [0.1, 0.15) is 6.54 Å². The van der Waals surface area contributed by atoms with Crippen LogP contribution in [0.2, 0.25) is 5.02 Å². The number of aryl methyl sites for hydroxylation is 1. The van der Waals surface area contributed by atoms with Crippen molar-refractivity contribution in [2.24, 2.45) is 0 Å². The summed E-state index contributed by atoms with van der Waals surface area (Å²) in [5.74, 6) is 0.705. The number of halogens is 1. The third-order valence-electron chi connectivity index (χ3n) is 5.39. The molecule has 1 aliphatic carbocycles. The van der Waals surface area contributed by atoms with Crippen molar-refractivity contribution in [1.29, 1.82) is 0 Å². The van der Waals surface area contributed by atoms with Gasteiger partial charge in [-0.2, -0.15) is 0 Å². The standard InChI is InChI=1S/C23H24ClN3O2/c1-15-3-5-17(6-4-15)16(2)13-21(28)14-26-23(29)27(20-11-12-20)22(25-26)18-7-9-19(24)10-8-18/h3-10,16,20H,11-14H2,1-2H3/t16-/m0/s1. The van der Waals surface area contributed by atoms with Crippen LogP contribution in [0, 0.1) is 6.92 Å². The molecular formula is C23H24ClN3O2. The van der Waals surface area contributed by atoms with Gasteiger partial charge >= 0.3 is 5.69 Å². The van der Waals surface area contributed by atoms with E-state index < -0.39 is 0 Å². The number of carbonyl (C=O) groups excluding carboxylic acids is 1. The summed E-state index contributed by atoms with van der Waals surface area (Å²) in [6.07, 6.45) is 2.30. The second kappa shape index (κ2) is 7.99. The van der Waals surface area contributed by atoms with Crippen molar-refractivity contribution < 1.29 is 4.79 Å². The van der Waals surface area contributed by atoms with Gasteiger partial charge in [0.2, 0.25) is 0 Å². The molecule has 1 atom stereocenters. The molecule has 2 aromatic carbocycles. The molecule has 4 rings (SSSR count). The lowest BCUT2D eigenvalue weighted by Gasteiger charge is -2.11. The van der Waals surface area contributed by atoms with Crippen LogP contribution in [0.3, 0.4) is 0 Å². The summed E-state index contributed by atoms with van der Waals surface area (Å²) in [4.78, 5) is 25.6. The van der Waals surface area contributed by atoms with Crippen LogP contribution < -0.4 is 5.69 Å². The molecule has 150 valence electrons. The Morgan fingerprint density at radius 1 is 1.14 bits per heavy atom. The van der Waals surface area contributed by atoms with Crippen molar-refractivity contribution in [3.05, 3.63) is 75.2 Å². The van der Waals surface area contributed by atoms with Gasteiger partial charge in [-0.1, -0.05) is 48.4 Å². The Hall–Kier alpha value is -2.66. The Morgan fingerprint density at radius 3 is 2.41 bits per heavy atom. The number of aromatic nitrogens is 3. The molecule has 0 radical (unpaired) electrons. The minimum atomic E-state index is -0.214. The SMILES string of the molecule is Cc1ccc([C@@H](C)CC(=O)Cn2nc(-c3ccc(Cl)cc3)n(C3CC3)c2=O)cc1. The quantitative estimate of drug-likeness (QED) is 0.564. The zero-order valence-corrected chi connectivity index (χ0v) is 17.4. The second-order valence-electron chi connectivity index (χ2n) is 7.93. The fourth-order valence-electron chi connectivity index (χ4n) is 3.57. The number of hydrogen-bond acceptors (Lipinski definition) is 3. The average Bonchev–Trinajstić information content (AvgIpc) is 3.48. The van der Waals surface area contributed by atoms with E-state index in [2.05, 4.69) is 29.4 Å². The Bertz CT molecular complexity index is 1080. The Morgan fingerprint density at radius 2 is 1.79 bits per heavy atom. The summed E-state index contributed by atoms with van der Waals surface area (Å²) < 4.78 is 3.03. The third-order valence-corrected chi connectivity index (χ3v) is 5.64. The minimum Gasteiger partial charge on any atom is -0.298 e. The Balaban J connectivity index is 1.55. The van der Waals surface area contributed by atoms with Crippen LogP contribution in [0.15, 0.2) is 53.3 Å². The van der Waals surface area contributed by atoms with E-state index in [1.807, 2.05) is 26.0 Å². The molecule has 1 saturated carbocycles. The molecule has 1 heterocycles. The van der Waals surface area contributed by atoms with Gasteiger partial charge in [-0.05, 0) is 55.5 Å². The van der Waals surface area contributed by atoms with E-state index in [0.717, 1.165) is 24.0 Å². The van der Waals surface area contributed by atoms with Crippen LogP contribution in [-0.4, -0.2) is 20.1 Å². The molecule has 6 heteroatoms. The van der Waals surface area contributed by atoms with E-state index in [1.165, 1.54) is 10.2 Å². The van der Waals surface area contributed by atoms with Crippen LogP contribution in [0.4, 0.5) is 0 Å². The number of Topliss-reactive ketones (excluding diaryl/α,β-unsaturated/α-hetero) is 1. The maximum absolute atomic E-state index is 12.9. The highest BCUT2D eigenvalue weighted by atomic mass is 35.5. The van der Waals surface area contributed by atoms with Gasteiger partial charge in [-0.3, -0.25) is 9.36 Å². The van der Waals surface area contributed by atoms with E-state index >= 15 is 0 Å². The van der Waals surface area contributed by atoms with Crippen LogP contribution in [0.25, 0.3) is 11.4 Å². The van der Waals surface area contributed by atoms with Gasteiger partial charge in [-0.25, -0.2) is 9.48 Å². The van der Waals surface area contributed by atoms with Gasteiger partial charge in [0.15, 0.2) is 11.6 Å². The van der Waals surface area contributed by atoms with Crippen molar-refractivity contribution in [2.45, 2.75) is 51.6 Å². The summed E-state index contributed by atoms with van der Waals surface area (Å²) in [6, 6.07) is 15.7. The zero-order chi connectivity index (χ0) is 20.5. The monoisotopic (exact) mass is 409 g/mol. The molecule has 3 aromatic rings. The summed E-state index contributed by atoms with van der Waals surface area (Å²) in [5, 5.41) is 5.14. The maximum atomic E-state index is 12.9. The molecule has 0 saturated heterocycles. The number of benzene rings is 2. The van der Waals surface area contributed by atoms with Crippen molar-refractivity contribution >= 4 is 17.4 Å². The number of carbonyl (C=O) groups is 1. The smallest absolute Gasteiger partial charge is 0.298 e. The molecule has 1 aliphatic rings. The first kappa shape index (κ1) is 19.6. The van der Waals surface area contributed by atoms with Crippen LogP contribution in [-0.2, 0) is 11.3 Å². The predicted molar refractivity (Wildman–Crippen MR) is 114 cm³/mol. The first-order chi connectivity index (χ1) is 13.9. The van der Waals surface area contributed by atoms with Crippen molar-refractivity contribution in [1.82, 2.24) is 14.3 Å². The van der Waals surface area contributed by atoms with Crippen molar-refractivity contribution in [3.8, 4) is 11.4 Å². The lowest BCUT2D eigenvalue weighted by Crippen LogP contribution is -2.28. The van der Waals surface area contributed by atoms with E-state index in [0.29, 0.717) is 17.3 Å². The molecule has 0 amide bonds. The molecule has 0 spiro atoms. The number of hydrogen-bond donors (Lipinski definition) is 0. The van der Waals surface area contributed by atoms with Gasteiger partial charge in [0.05, 0.1) is 0 Å². The van der Waals surface area contributed by atoms with Crippen molar-refractivity contribution in [3.63, 3.8) is 0 Å². The zero-order valence-electron chi connectivity index (χ0n) is 16.6. The summed E-state index contributed by atoms with van der Waals surface area (Å²) in [5.41, 5.74) is 2.94. The van der Waals surface area contributed by atoms with E-state index in [-0.39, 0.29) is 30.0 Å². The summed E-state index contributed by atoms with van der Waals surface area (Å²) in [6.45, 7) is 4.07. The molecule has 29 heavy (non-hydrogen) atoms. The summed E-state index contributed by atoms with van der Waals surface area (Å²) >= 11 is 5.99. The van der Waals surface area contributed by atoms with Gasteiger partial charge in [0, 0.05) is 23.0 Å². The molecule has 0 aliphatic heterocycles. The lowest BCUT2D eigenvalue weighted by atomic mass is 9.95. The Kier molecular flexibility index (Phi) is 5.41. The lowest BCUT2D eigenvalue weighted by molar-refractivity contribution is -0.120. The largest absolute Gasteiger partial charge is 0.346 e. The average molecular weight is 410 g/mol. The number of nitrogens with zero attached hydrogens (tertiary/aromatic N) is 3. The van der Waals surface area contributed by atoms with Crippen LogP contribution >= 0.6 is 11.6 Å². The molecule has 0 N–H and O–H groups in total. The van der Waals surface area contributed by atoms with Gasteiger partial charge in [0.25, 0.3) is 0 Å². The highest BCUT2D eigenvalue weighted by Gasteiger charge is 2.30. The molecule has 0 bridgehead atoms. The van der Waals surface area contributed by atoms with Crippen LogP contribution in [0.1, 0.15) is 49.3 Å². The van der Waals surface area contributed by atoms with Gasteiger partial charge < -0.3 is 0 Å². The Labute approximate surface area is 174 Å². The number of rotatable bonds is 7. The normalized spacial score (nSPS) is 14.7. The maximum Gasteiger partial charge on any atom is 0.346 e. The molecule has 1 fully saturated rings. The second-order valence-corrected chi connectivity index (χ2v) is 8.36. The minimum absolute atomic E-state index is 0.00304. The predicted octanol–water partition coefficient (Wildman–Crippen LogP) is 4.77. The molecule has 5 nitrogen and oxygen atoms in total. The van der Waals surface area contributed by atoms with E-state index in [4.69, 9.17) is 11.6 Å². The van der Waals surface area contributed by atoms with Gasteiger partial charge in [-0.15, -0.1) is 5.10 Å². The molecule has 1 aromatic heterocycles. The van der Waals surface area contributed by atoms with E-state index in [1.54, 1.807) is 16.7 Å². The first-order valence-corrected chi connectivity index (χ1v) is 10.3. The summed E-state index contributed by atoms with van der Waals surface area (Å²) in [7, 11) is 0. The topological polar surface area (TPSA) is 56.9 Å². The van der Waals surface area contributed by atoms with Crippen molar-refractivity contribution in [2.75, 3.05) is 0 Å².